The van der Waals surface area contributed by atoms with E-state index < -0.39 is 0 Å². The highest BCUT2D eigenvalue weighted by Gasteiger charge is 2.24. The van der Waals surface area contributed by atoms with Gasteiger partial charge in [0.2, 0.25) is 0 Å². The van der Waals surface area contributed by atoms with Crippen LogP contribution in [0, 0.1) is 0 Å². The second-order valence-corrected chi connectivity index (χ2v) is 8.93. The number of nitrogens with zero attached hydrogens (tertiary/aromatic N) is 3. The minimum atomic E-state index is -0.0787. The van der Waals surface area contributed by atoms with Crippen LogP contribution in [0.3, 0.4) is 0 Å². The molecule has 0 saturated carbocycles. The molecular weight excluding hydrogens is 462 g/mol. The zero-order chi connectivity index (χ0) is 21.9. The minimum Gasteiger partial charge on any atom is -0.486 e. The number of hydrogen-bond acceptors (Lipinski definition) is 7. The molecule has 176 valence electrons. The van der Waals surface area contributed by atoms with Crippen LogP contribution in [0.1, 0.15) is 22.8 Å². The van der Waals surface area contributed by atoms with Crippen molar-refractivity contribution in [1.29, 1.82) is 0 Å². The van der Waals surface area contributed by atoms with Crippen molar-refractivity contribution in [3.05, 3.63) is 47.5 Å². The molecular formula is C24H28ClN3O4S. The molecule has 0 aliphatic carbocycles. The van der Waals surface area contributed by atoms with Crippen LogP contribution in [-0.2, 0) is 11.2 Å². The largest absolute Gasteiger partial charge is 0.486 e. The molecule has 5 rings (SSSR count). The molecule has 1 saturated heterocycles. The molecule has 0 bridgehead atoms. The number of amides is 1. The van der Waals surface area contributed by atoms with Crippen molar-refractivity contribution in [3.8, 4) is 11.5 Å². The lowest BCUT2D eigenvalue weighted by Gasteiger charge is -2.29. The van der Waals surface area contributed by atoms with E-state index in [1.54, 1.807) is 28.4 Å². The fourth-order valence-corrected chi connectivity index (χ4v) is 5.03. The monoisotopic (exact) mass is 489 g/mol. The van der Waals surface area contributed by atoms with Crippen LogP contribution in [0.25, 0.3) is 10.2 Å². The van der Waals surface area contributed by atoms with Crippen LogP contribution >= 0.6 is 23.7 Å². The second kappa shape index (κ2) is 10.7. The highest BCUT2D eigenvalue weighted by atomic mass is 35.5. The third kappa shape index (κ3) is 5.24. The smallest absolute Gasteiger partial charge is 0.260 e. The van der Waals surface area contributed by atoms with E-state index in [1.807, 2.05) is 12.1 Å². The van der Waals surface area contributed by atoms with Gasteiger partial charge in [-0.15, -0.1) is 12.4 Å². The summed E-state index contributed by atoms with van der Waals surface area (Å²) >= 11 is 1.57. The number of morpholine rings is 1. The third-order valence-corrected chi connectivity index (χ3v) is 6.90. The van der Waals surface area contributed by atoms with Crippen LogP contribution < -0.4 is 14.4 Å². The Morgan fingerprint density at radius 3 is 2.64 bits per heavy atom. The Labute approximate surface area is 203 Å². The minimum absolute atomic E-state index is 0. The summed E-state index contributed by atoms with van der Waals surface area (Å²) in [6.45, 7) is 7.72. The molecule has 0 N–H and O–H groups in total. The van der Waals surface area contributed by atoms with Gasteiger partial charge in [-0.1, -0.05) is 24.3 Å². The van der Waals surface area contributed by atoms with E-state index in [1.165, 1.54) is 5.56 Å². The fraction of sp³-hybridized carbons (Fsp3) is 0.417. The maximum Gasteiger partial charge on any atom is 0.260 e. The zero-order valence-electron chi connectivity index (χ0n) is 18.6. The topological polar surface area (TPSA) is 64.1 Å². The lowest BCUT2D eigenvalue weighted by atomic mass is 10.1. The second-order valence-electron chi connectivity index (χ2n) is 7.92. The molecule has 3 heterocycles. The lowest BCUT2D eigenvalue weighted by Crippen LogP contribution is -2.43. The molecule has 2 aromatic carbocycles. The molecule has 33 heavy (non-hydrogen) atoms. The molecule has 0 spiro atoms. The molecule has 1 fully saturated rings. The van der Waals surface area contributed by atoms with Crippen molar-refractivity contribution >= 4 is 45.0 Å². The number of halogens is 1. The molecule has 1 amide bonds. The van der Waals surface area contributed by atoms with E-state index in [4.69, 9.17) is 19.2 Å². The highest BCUT2D eigenvalue weighted by molar-refractivity contribution is 7.22. The van der Waals surface area contributed by atoms with Gasteiger partial charge in [0.25, 0.3) is 5.91 Å². The van der Waals surface area contributed by atoms with Crippen LogP contribution in [0.15, 0.2) is 36.4 Å². The van der Waals surface area contributed by atoms with Crippen molar-refractivity contribution in [3.63, 3.8) is 0 Å². The number of benzene rings is 2. The highest BCUT2D eigenvalue weighted by Crippen LogP contribution is 2.34. The van der Waals surface area contributed by atoms with E-state index in [0.717, 1.165) is 54.6 Å². The molecule has 0 unspecified atom stereocenters. The lowest BCUT2D eigenvalue weighted by molar-refractivity contribution is 0.0391. The fourth-order valence-electron chi connectivity index (χ4n) is 3.97. The Morgan fingerprint density at radius 1 is 1.06 bits per heavy atom. The van der Waals surface area contributed by atoms with Crippen LogP contribution in [0.4, 0.5) is 5.13 Å². The average molecular weight is 490 g/mol. The van der Waals surface area contributed by atoms with Crippen LogP contribution in [0.2, 0.25) is 0 Å². The van der Waals surface area contributed by atoms with Gasteiger partial charge in [0, 0.05) is 31.7 Å². The Hall–Kier alpha value is -2.39. The first-order valence-corrected chi connectivity index (χ1v) is 11.9. The summed E-state index contributed by atoms with van der Waals surface area (Å²) < 4.78 is 17.9. The number of carbonyl (C=O) groups is 1. The molecule has 0 atom stereocenters. The molecule has 9 heteroatoms. The predicted molar refractivity (Wildman–Crippen MR) is 133 cm³/mol. The van der Waals surface area contributed by atoms with Gasteiger partial charge in [-0.05, 0) is 42.3 Å². The van der Waals surface area contributed by atoms with Gasteiger partial charge in [0.05, 0.1) is 23.4 Å². The predicted octanol–water partition coefficient (Wildman–Crippen LogP) is 4.03. The average Bonchev–Trinajstić information content (AvgIpc) is 3.27. The first-order valence-electron chi connectivity index (χ1n) is 11.1. The third-order valence-electron chi connectivity index (χ3n) is 5.86. The van der Waals surface area contributed by atoms with Gasteiger partial charge in [-0.25, -0.2) is 4.98 Å². The van der Waals surface area contributed by atoms with Crippen molar-refractivity contribution in [2.24, 2.45) is 0 Å². The zero-order valence-corrected chi connectivity index (χ0v) is 20.3. The number of thiazole rings is 1. The van der Waals surface area contributed by atoms with Crippen molar-refractivity contribution < 1.29 is 19.0 Å². The molecule has 7 nitrogen and oxygen atoms in total. The molecule has 3 aromatic rings. The van der Waals surface area contributed by atoms with E-state index in [0.29, 0.717) is 36.8 Å². The number of aromatic nitrogens is 1. The Bertz CT molecular complexity index is 1120. The number of aryl methyl sites for hydroxylation is 1. The number of fused-ring (bicyclic) bond motifs is 2. The Balaban J connectivity index is 0.00000259. The number of ether oxygens (including phenoxy) is 3. The number of hydrogen-bond donors (Lipinski definition) is 0. The summed E-state index contributed by atoms with van der Waals surface area (Å²) in [6, 6.07) is 11.7. The molecule has 2 aliphatic heterocycles. The standard InChI is InChI=1S/C24H27N3O4S.ClH/c1-2-17-3-5-19-22(15-17)32-24(25-19)27(8-7-26-9-11-29-12-10-26)23(28)18-4-6-20-21(16-18)31-14-13-30-20;/h3-6,15-16H,2,7-14H2,1H3;1H. The Morgan fingerprint density at radius 2 is 1.85 bits per heavy atom. The first kappa shape index (κ1) is 23.8. The Kier molecular flexibility index (Phi) is 7.70. The summed E-state index contributed by atoms with van der Waals surface area (Å²) in [5.74, 6) is 1.22. The van der Waals surface area contributed by atoms with E-state index in [-0.39, 0.29) is 18.3 Å². The number of carbonyl (C=O) groups excluding carboxylic acids is 1. The SMILES string of the molecule is CCc1ccc2nc(N(CCN3CCOCC3)C(=O)c3ccc4c(c3)OCCO4)sc2c1.Cl. The molecule has 0 radical (unpaired) electrons. The first-order chi connectivity index (χ1) is 15.7. The molecule has 2 aliphatic rings. The summed E-state index contributed by atoms with van der Waals surface area (Å²) in [5, 5.41) is 0.724. The summed E-state index contributed by atoms with van der Waals surface area (Å²) in [5.41, 5.74) is 2.77. The van der Waals surface area contributed by atoms with Gasteiger partial charge in [0.15, 0.2) is 16.6 Å². The number of rotatable bonds is 6. The van der Waals surface area contributed by atoms with Crippen LogP contribution in [-0.4, -0.2) is 68.4 Å². The van der Waals surface area contributed by atoms with Gasteiger partial charge in [0.1, 0.15) is 13.2 Å². The van der Waals surface area contributed by atoms with E-state index in [9.17, 15) is 4.79 Å². The van der Waals surface area contributed by atoms with Crippen molar-refractivity contribution in [1.82, 2.24) is 9.88 Å². The normalized spacial score (nSPS) is 15.8. The van der Waals surface area contributed by atoms with Gasteiger partial charge in [-0.3, -0.25) is 14.6 Å². The maximum absolute atomic E-state index is 13.7. The van der Waals surface area contributed by atoms with Crippen molar-refractivity contribution in [2.75, 3.05) is 57.5 Å². The summed E-state index contributed by atoms with van der Waals surface area (Å²) in [4.78, 5) is 22.6. The molecule has 1 aromatic heterocycles. The van der Waals surface area contributed by atoms with E-state index in [2.05, 4.69) is 24.0 Å². The van der Waals surface area contributed by atoms with Gasteiger partial charge >= 0.3 is 0 Å². The number of anilines is 1. The van der Waals surface area contributed by atoms with Gasteiger partial charge < -0.3 is 14.2 Å². The van der Waals surface area contributed by atoms with Crippen molar-refractivity contribution in [2.45, 2.75) is 13.3 Å². The quantitative estimate of drug-likeness (QED) is 0.521. The van der Waals surface area contributed by atoms with Gasteiger partial charge in [-0.2, -0.15) is 0 Å². The summed E-state index contributed by atoms with van der Waals surface area (Å²) in [7, 11) is 0. The summed E-state index contributed by atoms with van der Waals surface area (Å²) in [6.07, 6.45) is 0.972. The van der Waals surface area contributed by atoms with E-state index >= 15 is 0 Å². The van der Waals surface area contributed by atoms with Crippen LogP contribution in [0.5, 0.6) is 11.5 Å². The maximum atomic E-state index is 13.7.